The second kappa shape index (κ2) is 4.03. The molecule has 1 heterocycles. The fourth-order valence-electron chi connectivity index (χ4n) is 1.18. The molecule has 6 nitrogen and oxygen atoms in total. The molecule has 0 saturated carbocycles. The van der Waals surface area contributed by atoms with Crippen LogP contribution < -0.4 is 5.73 Å². The topological polar surface area (TPSA) is 102 Å². The van der Waals surface area contributed by atoms with Gasteiger partial charge in [-0.15, -0.1) is 0 Å². The Hall–Kier alpha value is -1.34. The Kier molecular flexibility index (Phi) is 3.15. The maximum atomic E-state index is 11.1. The number of carboxylic acids is 1. The van der Waals surface area contributed by atoms with E-state index < -0.39 is 21.9 Å². The van der Waals surface area contributed by atoms with Crippen molar-refractivity contribution < 1.29 is 18.3 Å². The van der Waals surface area contributed by atoms with Crippen LogP contribution in [-0.4, -0.2) is 36.3 Å². The van der Waals surface area contributed by atoms with E-state index in [1.807, 2.05) is 0 Å². The summed E-state index contributed by atoms with van der Waals surface area (Å²) in [7, 11) is -3.37. The van der Waals surface area contributed by atoms with Crippen LogP contribution in [0.2, 0.25) is 0 Å². The molecule has 1 aromatic heterocycles. The first-order valence-electron chi connectivity index (χ1n) is 4.17. The minimum absolute atomic E-state index is 0.0664. The Balaban J connectivity index is 3.08. The van der Waals surface area contributed by atoms with Crippen molar-refractivity contribution in [3.63, 3.8) is 0 Å². The number of hydrogen-bond acceptors (Lipinski definition) is 4. The molecule has 1 rings (SSSR count). The van der Waals surface area contributed by atoms with E-state index in [-0.39, 0.29) is 6.54 Å². The fraction of sp³-hybridized carbons (Fsp3) is 0.375. The molecular weight excluding hydrogens is 220 g/mol. The molecule has 0 radical (unpaired) electrons. The SMILES string of the molecule is CS(=O)(=O)n1ccc(C(CN)C(=O)O)c1. The molecule has 0 bridgehead atoms. The van der Waals surface area contributed by atoms with Crippen molar-refractivity contribution in [2.75, 3.05) is 12.8 Å². The van der Waals surface area contributed by atoms with Crippen LogP contribution in [0.15, 0.2) is 18.5 Å². The summed E-state index contributed by atoms with van der Waals surface area (Å²) in [6, 6.07) is 1.44. The average Bonchev–Trinajstić information content (AvgIpc) is 2.52. The van der Waals surface area contributed by atoms with Crippen molar-refractivity contribution in [2.24, 2.45) is 5.73 Å². The van der Waals surface area contributed by atoms with Crippen molar-refractivity contribution in [1.29, 1.82) is 0 Å². The Morgan fingerprint density at radius 1 is 1.67 bits per heavy atom. The Bertz CT molecular complexity index is 463. The number of rotatable bonds is 4. The van der Waals surface area contributed by atoms with E-state index in [1.165, 1.54) is 18.5 Å². The van der Waals surface area contributed by atoms with Gasteiger partial charge in [0, 0.05) is 18.9 Å². The molecule has 0 aliphatic heterocycles. The van der Waals surface area contributed by atoms with Gasteiger partial charge >= 0.3 is 5.97 Å². The number of nitrogens with zero attached hydrogens (tertiary/aromatic N) is 1. The van der Waals surface area contributed by atoms with Gasteiger partial charge in [-0.25, -0.2) is 8.42 Å². The quantitative estimate of drug-likeness (QED) is 0.723. The first kappa shape index (κ1) is 11.7. The molecule has 0 saturated heterocycles. The van der Waals surface area contributed by atoms with Crippen molar-refractivity contribution in [1.82, 2.24) is 3.97 Å². The molecule has 1 unspecified atom stereocenters. The van der Waals surface area contributed by atoms with Crippen LogP contribution in [0.4, 0.5) is 0 Å². The lowest BCUT2D eigenvalue weighted by atomic mass is 10.0. The second-order valence-electron chi connectivity index (χ2n) is 3.16. The lowest BCUT2D eigenvalue weighted by Crippen LogP contribution is -2.20. The number of nitrogens with two attached hydrogens (primary N) is 1. The van der Waals surface area contributed by atoms with E-state index in [4.69, 9.17) is 10.8 Å². The van der Waals surface area contributed by atoms with E-state index in [1.54, 1.807) is 0 Å². The molecule has 0 aliphatic rings. The third-order valence-electron chi connectivity index (χ3n) is 2.01. The first-order valence-corrected chi connectivity index (χ1v) is 6.02. The molecule has 0 spiro atoms. The molecule has 84 valence electrons. The van der Waals surface area contributed by atoms with Gasteiger partial charge in [-0.1, -0.05) is 0 Å². The molecule has 7 heteroatoms. The lowest BCUT2D eigenvalue weighted by Gasteiger charge is -2.06. The van der Waals surface area contributed by atoms with Crippen molar-refractivity contribution in [3.8, 4) is 0 Å². The van der Waals surface area contributed by atoms with Crippen LogP contribution in [0.1, 0.15) is 11.5 Å². The molecule has 3 N–H and O–H groups in total. The normalized spacial score (nSPS) is 13.7. The Morgan fingerprint density at radius 2 is 2.27 bits per heavy atom. The Morgan fingerprint density at radius 3 is 2.60 bits per heavy atom. The summed E-state index contributed by atoms with van der Waals surface area (Å²) in [6.07, 6.45) is 3.60. The summed E-state index contributed by atoms with van der Waals surface area (Å²) in [5.74, 6) is -1.93. The summed E-state index contributed by atoms with van der Waals surface area (Å²) in [5, 5.41) is 8.80. The third kappa shape index (κ3) is 2.57. The van der Waals surface area contributed by atoms with Crippen LogP contribution in [0.3, 0.4) is 0 Å². The van der Waals surface area contributed by atoms with Gasteiger partial charge in [0.2, 0.25) is 10.0 Å². The van der Waals surface area contributed by atoms with Gasteiger partial charge in [0.05, 0.1) is 12.2 Å². The zero-order chi connectivity index (χ0) is 11.6. The molecular formula is C8H12N2O4S. The zero-order valence-corrected chi connectivity index (χ0v) is 8.94. The van der Waals surface area contributed by atoms with E-state index in [9.17, 15) is 13.2 Å². The molecule has 1 atom stereocenters. The van der Waals surface area contributed by atoms with E-state index in [0.29, 0.717) is 5.56 Å². The van der Waals surface area contributed by atoms with Gasteiger partial charge < -0.3 is 10.8 Å². The molecule has 0 amide bonds. The van der Waals surface area contributed by atoms with Gasteiger partial charge in [-0.2, -0.15) is 0 Å². The Labute approximate surface area is 87.4 Å². The number of hydrogen-bond donors (Lipinski definition) is 2. The number of carboxylic acid groups (broad SMARTS) is 1. The molecule has 0 aliphatic carbocycles. The highest BCUT2D eigenvalue weighted by Crippen LogP contribution is 2.16. The zero-order valence-electron chi connectivity index (χ0n) is 8.12. The summed E-state index contributed by atoms with van der Waals surface area (Å²) in [6.45, 7) is -0.0664. The third-order valence-corrected chi connectivity index (χ3v) is 3.00. The van der Waals surface area contributed by atoms with Crippen LogP contribution in [0.5, 0.6) is 0 Å². The van der Waals surface area contributed by atoms with Gasteiger partial charge in [0.15, 0.2) is 0 Å². The lowest BCUT2D eigenvalue weighted by molar-refractivity contribution is -0.138. The van der Waals surface area contributed by atoms with Gasteiger partial charge in [0.1, 0.15) is 0 Å². The summed E-state index contributed by atoms with van der Waals surface area (Å²) in [5.41, 5.74) is 5.67. The molecule has 15 heavy (non-hydrogen) atoms. The highest BCUT2D eigenvalue weighted by Gasteiger charge is 2.20. The van der Waals surface area contributed by atoms with Crippen LogP contribution in [-0.2, 0) is 14.8 Å². The van der Waals surface area contributed by atoms with Crippen LogP contribution in [0.25, 0.3) is 0 Å². The minimum Gasteiger partial charge on any atom is -0.481 e. The van der Waals surface area contributed by atoms with Crippen LogP contribution in [0, 0.1) is 0 Å². The van der Waals surface area contributed by atoms with Gasteiger partial charge in [-0.3, -0.25) is 8.77 Å². The number of aromatic nitrogens is 1. The summed E-state index contributed by atoms with van der Waals surface area (Å²) < 4.78 is 23.2. The largest absolute Gasteiger partial charge is 0.481 e. The van der Waals surface area contributed by atoms with E-state index in [2.05, 4.69) is 0 Å². The summed E-state index contributed by atoms with van der Waals surface area (Å²) in [4.78, 5) is 10.8. The standard InChI is InChI=1S/C8H12N2O4S/c1-15(13,14)10-3-2-6(5-10)7(4-9)8(11)12/h2-3,5,7H,4,9H2,1H3,(H,11,12). The molecule has 0 fully saturated rings. The van der Waals surface area contributed by atoms with Crippen molar-refractivity contribution >= 4 is 16.0 Å². The number of carbonyl (C=O) groups is 1. The van der Waals surface area contributed by atoms with E-state index in [0.717, 1.165) is 10.2 Å². The van der Waals surface area contributed by atoms with Crippen molar-refractivity contribution in [2.45, 2.75) is 5.92 Å². The van der Waals surface area contributed by atoms with E-state index >= 15 is 0 Å². The number of aliphatic carboxylic acids is 1. The minimum atomic E-state index is -3.37. The van der Waals surface area contributed by atoms with Gasteiger partial charge in [0.25, 0.3) is 0 Å². The predicted octanol–water partition coefficient (Wildman–Crippen LogP) is -0.577. The summed E-state index contributed by atoms with van der Waals surface area (Å²) >= 11 is 0. The highest BCUT2D eigenvalue weighted by atomic mass is 32.2. The molecule has 0 aromatic carbocycles. The van der Waals surface area contributed by atoms with Gasteiger partial charge in [-0.05, 0) is 11.6 Å². The maximum absolute atomic E-state index is 11.1. The maximum Gasteiger partial charge on any atom is 0.312 e. The molecule has 1 aromatic rings. The highest BCUT2D eigenvalue weighted by molar-refractivity contribution is 7.89. The fourth-order valence-corrected chi connectivity index (χ4v) is 1.78. The van der Waals surface area contributed by atoms with Crippen LogP contribution >= 0.6 is 0 Å². The first-order chi connectivity index (χ1) is 6.86. The smallest absolute Gasteiger partial charge is 0.312 e. The predicted molar refractivity (Wildman–Crippen MR) is 54.1 cm³/mol. The van der Waals surface area contributed by atoms with Crippen molar-refractivity contribution in [3.05, 3.63) is 24.0 Å². The second-order valence-corrected chi connectivity index (χ2v) is 5.05. The average molecular weight is 232 g/mol. The monoisotopic (exact) mass is 232 g/mol.